The van der Waals surface area contributed by atoms with E-state index in [0.29, 0.717) is 0 Å². The largest absolute Gasteiger partial charge is 1.00 e. The molecule has 24 heavy (non-hydrogen) atoms. The van der Waals surface area contributed by atoms with Crippen LogP contribution in [-0.4, -0.2) is 5.98 Å². The summed E-state index contributed by atoms with van der Waals surface area (Å²) in [5.41, 5.74) is 0. The first-order chi connectivity index (χ1) is 10.8. The minimum atomic E-state index is -1.52. The molecule has 6 unspecified atom stereocenters. The maximum absolute atomic E-state index is 2.72. The van der Waals surface area contributed by atoms with Gasteiger partial charge in [0.05, 0.1) is 0 Å². The first-order valence-corrected chi connectivity index (χ1v) is 22.6. The summed E-state index contributed by atoms with van der Waals surface area (Å²) in [6, 6.07) is 0. The third-order valence-electron chi connectivity index (χ3n) is 6.67. The topological polar surface area (TPSA) is 0 Å². The normalized spacial score (nSPS) is 38.5. The van der Waals surface area contributed by atoms with Gasteiger partial charge in [-0.25, -0.2) is 0 Å². The van der Waals surface area contributed by atoms with Crippen LogP contribution in [0.15, 0.2) is 48.6 Å². The van der Waals surface area contributed by atoms with E-state index in [-0.39, 0.29) is 24.8 Å². The van der Waals surface area contributed by atoms with Crippen molar-refractivity contribution >= 4 is 5.98 Å². The summed E-state index contributed by atoms with van der Waals surface area (Å²) in [6.07, 6.45) is 25.7. The standard InChI is InChI=1S/2C9H11.C2H7Si.2ClH.Hf/c2*1-2-5-9-7-3-6-8(9)4-1;1-3-2;;;/h2*1-2,4-6,8-9H,3,7H2;3H,1-2H3;2*1H;/q;;;;;+2/p-2. The summed E-state index contributed by atoms with van der Waals surface area (Å²) >= 11 is -1.52. The Bertz CT molecular complexity index is 496. The molecule has 4 aliphatic carbocycles. The molecule has 131 valence electrons. The van der Waals surface area contributed by atoms with E-state index in [1.807, 2.05) is 0 Å². The maximum atomic E-state index is 2.72. The van der Waals surface area contributed by atoms with Crippen molar-refractivity contribution in [3.63, 3.8) is 0 Å². The predicted octanol–water partition coefficient (Wildman–Crippen LogP) is -0.523. The smallest absolute Gasteiger partial charge is 1.00 e. The Hall–Kier alpha value is 0.627. The zero-order valence-electron chi connectivity index (χ0n) is 14.7. The minimum absolute atomic E-state index is 0. The molecule has 0 amide bonds. The van der Waals surface area contributed by atoms with E-state index in [9.17, 15) is 0 Å². The molecule has 4 rings (SSSR count). The van der Waals surface area contributed by atoms with Gasteiger partial charge >= 0.3 is 145 Å². The van der Waals surface area contributed by atoms with Crippen LogP contribution in [0, 0.1) is 23.7 Å². The van der Waals surface area contributed by atoms with E-state index in [1.54, 1.807) is 12.8 Å². The summed E-state index contributed by atoms with van der Waals surface area (Å²) < 4.78 is 2.37. The van der Waals surface area contributed by atoms with Gasteiger partial charge in [-0.2, -0.15) is 0 Å². The molecule has 0 nitrogen and oxygen atoms in total. The Balaban J connectivity index is 0.00000104. The van der Waals surface area contributed by atoms with Crippen LogP contribution in [0.1, 0.15) is 25.7 Å². The van der Waals surface area contributed by atoms with Crippen molar-refractivity contribution in [2.24, 2.45) is 23.7 Å². The molecule has 0 heterocycles. The molecular weight excluding hydrogens is 518 g/mol. The summed E-state index contributed by atoms with van der Waals surface area (Å²) in [4.78, 5) is 0. The van der Waals surface area contributed by atoms with E-state index in [1.165, 1.54) is 20.2 Å². The number of fused-ring (bicyclic) bond motifs is 2. The number of halogens is 2. The van der Waals surface area contributed by atoms with Crippen molar-refractivity contribution in [3.05, 3.63) is 48.6 Å². The molecule has 0 radical (unpaired) electrons. The van der Waals surface area contributed by atoms with Crippen LogP contribution in [0.2, 0.25) is 20.4 Å². The van der Waals surface area contributed by atoms with E-state index in [4.69, 9.17) is 0 Å². The second kappa shape index (κ2) is 9.02. The Morgan fingerprint density at radius 1 is 0.667 bits per heavy atom. The van der Waals surface area contributed by atoms with Gasteiger partial charge in [0.15, 0.2) is 0 Å². The molecule has 4 heteroatoms. The van der Waals surface area contributed by atoms with Gasteiger partial charge in [-0.15, -0.1) is 0 Å². The number of hydrogen-bond acceptors (Lipinski definition) is 0. The van der Waals surface area contributed by atoms with E-state index in [2.05, 4.69) is 61.7 Å². The van der Waals surface area contributed by atoms with Crippen molar-refractivity contribution in [2.45, 2.75) is 46.1 Å². The molecule has 0 aliphatic heterocycles. The van der Waals surface area contributed by atoms with Gasteiger partial charge in [0, 0.05) is 0 Å². The molecule has 2 saturated carbocycles. The second-order valence-corrected chi connectivity index (χ2v) is 37.2. The molecule has 0 N–H and O–H groups in total. The maximum Gasteiger partial charge on any atom is -1.00 e. The monoisotopic (exact) mass is 547 g/mol. The minimum Gasteiger partial charge on any atom is -1.00 e. The predicted molar refractivity (Wildman–Crippen MR) is 95.4 cm³/mol. The number of hydrogen-bond donors (Lipinski definition) is 0. The fraction of sp³-hybridized carbons (Fsp3) is 0.600. The average Bonchev–Trinajstić information content (AvgIpc) is 3.13. The van der Waals surface area contributed by atoms with Gasteiger partial charge in [-0.1, -0.05) is 0 Å². The van der Waals surface area contributed by atoms with Gasteiger partial charge < -0.3 is 24.8 Å². The van der Waals surface area contributed by atoms with Crippen molar-refractivity contribution < 1.29 is 45.4 Å². The summed E-state index contributed by atoms with van der Waals surface area (Å²) in [6.45, 7) is 5.43. The van der Waals surface area contributed by atoms with Gasteiger partial charge in [0.1, 0.15) is 0 Å². The SMILES string of the molecule is C[SiH](C)[Hf+2]([CH]1CCC2C=CC=CC21)[CH]1CCC2C=CC=CC21.[Cl-].[Cl-]. The van der Waals surface area contributed by atoms with Crippen LogP contribution in [-0.2, 0) is 20.6 Å². The van der Waals surface area contributed by atoms with Crippen LogP contribution in [0.3, 0.4) is 0 Å². The molecule has 6 atom stereocenters. The quantitative estimate of drug-likeness (QED) is 0.418. The van der Waals surface area contributed by atoms with Gasteiger partial charge in [-0.05, 0) is 0 Å². The molecular formula is C20H29Cl2HfSi. The summed E-state index contributed by atoms with van der Waals surface area (Å²) in [7, 11) is 0. The average molecular weight is 547 g/mol. The van der Waals surface area contributed by atoms with Crippen LogP contribution in [0.25, 0.3) is 0 Å². The molecule has 0 spiro atoms. The number of rotatable bonds is 3. The molecule has 0 aromatic carbocycles. The van der Waals surface area contributed by atoms with Gasteiger partial charge in [0.25, 0.3) is 0 Å². The van der Waals surface area contributed by atoms with Crippen molar-refractivity contribution in [2.75, 3.05) is 0 Å². The zero-order valence-corrected chi connectivity index (χ0v) is 21.0. The van der Waals surface area contributed by atoms with Gasteiger partial charge in [0.2, 0.25) is 0 Å². The first-order valence-electron chi connectivity index (χ1n) is 9.32. The molecule has 2 fully saturated rings. The van der Waals surface area contributed by atoms with E-state index < -0.39 is 26.6 Å². The fourth-order valence-corrected chi connectivity index (χ4v) is 43.7. The van der Waals surface area contributed by atoms with Crippen LogP contribution < -0.4 is 24.8 Å². The van der Waals surface area contributed by atoms with Crippen LogP contribution >= 0.6 is 0 Å². The van der Waals surface area contributed by atoms with Crippen molar-refractivity contribution in [1.82, 2.24) is 0 Å². The Labute approximate surface area is 168 Å². The Morgan fingerprint density at radius 2 is 1.08 bits per heavy atom. The fourth-order valence-electron chi connectivity index (χ4n) is 5.82. The Kier molecular flexibility index (Phi) is 7.86. The molecule has 0 bridgehead atoms. The van der Waals surface area contributed by atoms with Gasteiger partial charge in [-0.3, -0.25) is 0 Å². The molecule has 0 aromatic rings. The van der Waals surface area contributed by atoms with Crippen LogP contribution in [0.4, 0.5) is 0 Å². The van der Waals surface area contributed by atoms with E-state index >= 15 is 0 Å². The van der Waals surface area contributed by atoms with Crippen LogP contribution in [0.5, 0.6) is 0 Å². The first kappa shape index (κ1) is 20.9. The van der Waals surface area contributed by atoms with E-state index in [0.717, 1.165) is 23.7 Å². The molecule has 0 aromatic heterocycles. The Morgan fingerprint density at radius 3 is 1.50 bits per heavy atom. The molecule has 0 saturated heterocycles. The molecule has 4 aliphatic rings. The third-order valence-corrected chi connectivity index (χ3v) is 40.4. The van der Waals surface area contributed by atoms with Crippen molar-refractivity contribution in [1.29, 1.82) is 0 Å². The summed E-state index contributed by atoms with van der Waals surface area (Å²) in [5.74, 6) is 3.28. The zero-order chi connectivity index (χ0) is 15.1. The number of allylic oxidation sites excluding steroid dienone is 8. The third kappa shape index (κ3) is 3.82. The summed E-state index contributed by atoms with van der Waals surface area (Å²) in [5, 5.41) is 0. The second-order valence-electron chi connectivity index (χ2n) is 8.04. The van der Waals surface area contributed by atoms with Crippen molar-refractivity contribution in [3.8, 4) is 0 Å².